The smallest absolute Gasteiger partial charge is 0.341 e. The van der Waals surface area contributed by atoms with Gasteiger partial charge in [-0.2, -0.15) is 5.26 Å². The molecule has 0 aliphatic carbocycles. The minimum absolute atomic E-state index is 0.0926. The molecule has 178 valence electrons. The number of pyridine rings is 1. The van der Waals surface area contributed by atoms with Crippen LogP contribution in [-0.4, -0.2) is 40.3 Å². The fraction of sp³-hybridized carbons (Fsp3) is 0.308. The van der Waals surface area contributed by atoms with Crippen LogP contribution in [0, 0.1) is 18.3 Å². The third-order valence-electron chi connectivity index (χ3n) is 6.54. The maximum absolute atomic E-state index is 13.0. The van der Waals surface area contributed by atoms with Crippen LogP contribution < -0.4 is 15.2 Å². The Kier molecular flexibility index (Phi) is 5.65. The molecule has 35 heavy (non-hydrogen) atoms. The number of nitriles is 1. The highest BCUT2D eigenvalue weighted by Crippen LogP contribution is 2.36. The van der Waals surface area contributed by atoms with Gasteiger partial charge in [-0.1, -0.05) is 6.07 Å². The van der Waals surface area contributed by atoms with Crippen molar-refractivity contribution in [2.24, 2.45) is 7.05 Å². The van der Waals surface area contributed by atoms with Gasteiger partial charge in [-0.3, -0.25) is 4.79 Å². The number of hydrogen-bond acceptors (Lipinski definition) is 7. The molecule has 1 N–H and O–H groups in total. The van der Waals surface area contributed by atoms with Gasteiger partial charge in [0, 0.05) is 37.5 Å². The Morgan fingerprint density at radius 3 is 2.74 bits per heavy atom. The molecule has 4 aromatic rings. The first-order chi connectivity index (χ1) is 16.9. The number of carbonyl (C=O) groups is 1. The molecule has 0 radical (unpaired) electrons. The number of benzene rings is 2. The number of aliphatic carboxylic acids is 1. The van der Waals surface area contributed by atoms with Crippen molar-refractivity contribution >= 4 is 33.7 Å². The zero-order valence-electron chi connectivity index (χ0n) is 19.4. The first-order valence-electron chi connectivity index (χ1n) is 11.4. The van der Waals surface area contributed by atoms with Gasteiger partial charge >= 0.3 is 5.97 Å². The number of aryl methyl sites for hydroxylation is 2. The summed E-state index contributed by atoms with van der Waals surface area (Å²) in [6.45, 7) is 2.81. The average molecular weight is 473 g/mol. The molecule has 1 fully saturated rings. The SMILES string of the molecule is Cc1ccc2oc(C3CCN(c4c(C#N)c(=O)n(C)c5cc(OCC(=O)O)ccc45)CC3)nc2c1. The third kappa shape index (κ3) is 4.08. The van der Waals surface area contributed by atoms with Crippen molar-refractivity contribution in [3.8, 4) is 11.8 Å². The highest BCUT2D eigenvalue weighted by molar-refractivity contribution is 5.95. The summed E-state index contributed by atoms with van der Waals surface area (Å²) in [5, 5.41) is 19.5. The summed E-state index contributed by atoms with van der Waals surface area (Å²) in [7, 11) is 1.59. The van der Waals surface area contributed by atoms with Crippen LogP contribution in [0.15, 0.2) is 45.6 Å². The number of ether oxygens (including phenoxy) is 1. The average Bonchev–Trinajstić information content (AvgIpc) is 3.28. The van der Waals surface area contributed by atoms with Gasteiger partial charge in [0.25, 0.3) is 5.56 Å². The van der Waals surface area contributed by atoms with Crippen molar-refractivity contribution in [1.82, 2.24) is 9.55 Å². The Hall–Kier alpha value is -4.32. The van der Waals surface area contributed by atoms with Gasteiger partial charge in [0.1, 0.15) is 22.9 Å². The van der Waals surface area contributed by atoms with Crippen LogP contribution >= 0.6 is 0 Å². The molecule has 0 bridgehead atoms. The summed E-state index contributed by atoms with van der Waals surface area (Å²) in [5.74, 6) is 0.130. The molecule has 2 aromatic carbocycles. The van der Waals surface area contributed by atoms with Crippen LogP contribution in [0.5, 0.6) is 5.75 Å². The zero-order valence-corrected chi connectivity index (χ0v) is 19.4. The minimum atomic E-state index is -1.09. The summed E-state index contributed by atoms with van der Waals surface area (Å²) in [6.07, 6.45) is 1.54. The molecule has 1 aliphatic rings. The number of fused-ring (bicyclic) bond motifs is 2. The maximum atomic E-state index is 13.0. The lowest BCUT2D eigenvalue weighted by Crippen LogP contribution is -2.35. The van der Waals surface area contributed by atoms with Crippen LogP contribution in [-0.2, 0) is 11.8 Å². The molecule has 0 saturated carbocycles. The van der Waals surface area contributed by atoms with E-state index < -0.39 is 18.1 Å². The van der Waals surface area contributed by atoms with Gasteiger partial charge in [-0.25, -0.2) is 9.78 Å². The number of piperidine rings is 1. The quantitative estimate of drug-likeness (QED) is 0.467. The lowest BCUT2D eigenvalue weighted by molar-refractivity contribution is -0.139. The van der Waals surface area contributed by atoms with Gasteiger partial charge in [0.2, 0.25) is 0 Å². The van der Waals surface area contributed by atoms with Crippen LogP contribution in [0.3, 0.4) is 0 Å². The van der Waals surface area contributed by atoms with Crippen molar-refractivity contribution < 1.29 is 19.1 Å². The van der Waals surface area contributed by atoms with E-state index in [1.807, 2.05) is 25.1 Å². The summed E-state index contributed by atoms with van der Waals surface area (Å²) < 4.78 is 12.7. The Labute approximate surface area is 200 Å². The van der Waals surface area contributed by atoms with E-state index in [4.69, 9.17) is 19.2 Å². The molecule has 1 aliphatic heterocycles. The van der Waals surface area contributed by atoms with E-state index in [-0.39, 0.29) is 11.5 Å². The Balaban J connectivity index is 1.47. The van der Waals surface area contributed by atoms with Gasteiger partial charge in [0.15, 0.2) is 18.1 Å². The molecule has 9 heteroatoms. The lowest BCUT2D eigenvalue weighted by Gasteiger charge is -2.33. The number of anilines is 1. The Morgan fingerprint density at radius 1 is 1.26 bits per heavy atom. The zero-order chi connectivity index (χ0) is 24.7. The molecular weight excluding hydrogens is 448 g/mol. The normalized spacial score (nSPS) is 14.4. The van der Waals surface area contributed by atoms with Crippen LogP contribution in [0.25, 0.3) is 22.0 Å². The minimum Gasteiger partial charge on any atom is -0.482 e. The second-order valence-electron chi connectivity index (χ2n) is 8.85. The molecular formula is C26H24N4O5. The Bertz CT molecular complexity index is 1550. The monoisotopic (exact) mass is 472 g/mol. The number of oxazole rings is 1. The maximum Gasteiger partial charge on any atom is 0.341 e. The van der Waals surface area contributed by atoms with Crippen molar-refractivity contribution in [2.45, 2.75) is 25.7 Å². The summed E-state index contributed by atoms with van der Waals surface area (Å²) in [4.78, 5) is 30.7. The summed E-state index contributed by atoms with van der Waals surface area (Å²) >= 11 is 0. The fourth-order valence-corrected chi connectivity index (χ4v) is 4.75. The fourth-order valence-electron chi connectivity index (χ4n) is 4.75. The van der Waals surface area contributed by atoms with Gasteiger partial charge < -0.3 is 23.7 Å². The summed E-state index contributed by atoms with van der Waals surface area (Å²) in [5.41, 5.74) is 3.62. The topological polar surface area (TPSA) is 122 Å². The van der Waals surface area contributed by atoms with E-state index in [1.165, 1.54) is 4.57 Å². The molecule has 0 atom stereocenters. The number of hydrogen-bond donors (Lipinski definition) is 1. The molecule has 0 spiro atoms. The molecule has 0 unspecified atom stereocenters. The van der Waals surface area contributed by atoms with E-state index in [2.05, 4.69) is 11.0 Å². The van der Waals surface area contributed by atoms with E-state index in [9.17, 15) is 14.9 Å². The van der Waals surface area contributed by atoms with Crippen molar-refractivity contribution in [3.05, 3.63) is 63.8 Å². The number of nitrogens with zero attached hydrogens (tertiary/aromatic N) is 4. The first-order valence-corrected chi connectivity index (χ1v) is 11.4. The predicted octanol–water partition coefficient (Wildman–Crippen LogP) is 3.71. The van der Waals surface area contributed by atoms with Crippen molar-refractivity contribution in [1.29, 1.82) is 5.26 Å². The van der Waals surface area contributed by atoms with Crippen molar-refractivity contribution in [2.75, 3.05) is 24.6 Å². The molecule has 9 nitrogen and oxygen atoms in total. The first kappa shape index (κ1) is 22.5. The van der Waals surface area contributed by atoms with Gasteiger partial charge in [-0.05, 0) is 49.6 Å². The van der Waals surface area contributed by atoms with Crippen LogP contribution in [0.4, 0.5) is 5.69 Å². The number of rotatable bonds is 5. The van der Waals surface area contributed by atoms with E-state index in [0.717, 1.165) is 40.8 Å². The lowest BCUT2D eigenvalue weighted by atomic mass is 9.95. The van der Waals surface area contributed by atoms with Gasteiger partial charge in [-0.15, -0.1) is 0 Å². The number of carboxylic acids is 1. The molecule has 0 amide bonds. The second-order valence-corrected chi connectivity index (χ2v) is 8.85. The highest BCUT2D eigenvalue weighted by Gasteiger charge is 2.28. The standard InChI is InChI=1S/C26H24N4O5/c1-15-3-6-22-20(11-15)28-25(35-22)16-7-9-30(10-8-16)24-18-5-4-17(34-14-23(31)32)12-21(18)29(2)26(33)19(24)13-27/h3-6,11-12,16H,7-10,14H2,1-2H3,(H,31,32). The van der Waals surface area contributed by atoms with Crippen LogP contribution in [0.1, 0.15) is 35.8 Å². The second kappa shape index (κ2) is 8.80. The molecule has 1 saturated heterocycles. The van der Waals surface area contributed by atoms with E-state index in [1.54, 1.807) is 25.2 Å². The summed E-state index contributed by atoms with van der Waals surface area (Å²) in [6, 6.07) is 13.1. The van der Waals surface area contributed by atoms with Crippen molar-refractivity contribution in [3.63, 3.8) is 0 Å². The molecule has 5 rings (SSSR count). The van der Waals surface area contributed by atoms with E-state index in [0.29, 0.717) is 30.0 Å². The highest BCUT2D eigenvalue weighted by atomic mass is 16.5. The predicted molar refractivity (Wildman–Crippen MR) is 130 cm³/mol. The molecule has 3 heterocycles. The third-order valence-corrected chi connectivity index (χ3v) is 6.54. The van der Waals surface area contributed by atoms with Gasteiger partial charge in [0.05, 0.1) is 11.2 Å². The number of carboxylic acid groups (broad SMARTS) is 1. The largest absolute Gasteiger partial charge is 0.482 e. The van der Waals surface area contributed by atoms with Crippen LogP contribution in [0.2, 0.25) is 0 Å². The molecule has 2 aromatic heterocycles. The number of aromatic nitrogens is 2. The Morgan fingerprint density at radius 2 is 2.03 bits per heavy atom. The van der Waals surface area contributed by atoms with E-state index >= 15 is 0 Å².